The van der Waals surface area contributed by atoms with E-state index in [2.05, 4.69) is 71.7 Å². The number of aryl methyl sites for hydroxylation is 2. The van der Waals surface area contributed by atoms with Crippen LogP contribution >= 0.6 is 11.6 Å². The number of benzene rings is 2. The molecule has 0 spiro atoms. The highest BCUT2D eigenvalue weighted by Gasteiger charge is 2.20. The summed E-state index contributed by atoms with van der Waals surface area (Å²) in [6.07, 6.45) is 3.41. The Morgan fingerprint density at radius 3 is 1.57 bits per heavy atom. The van der Waals surface area contributed by atoms with Crippen molar-refractivity contribution in [2.45, 2.75) is 0 Å². The lowest BCUT2D eigenvalue weighted by Gasteiger charge is -2.35. The van der Waals surface area contributed by atoms with Crippen molar-refractivity contribution in [1.82, 2.24) is 39.7 Å². The summed E-state index contributed by atoms with van der Waals surface area (Å²) < 4.78 is 3.41. The number of carbonyl (C=O) groups is 1. The van der Waals surface area contributed by atoms with E-state index in [-0.39, 0.29) is 11.8 Å². The monoisotopic (exact) mass is 562 g/mol. The first-order chi connectivity index (χ1) is 19.5. The van der Waals surface area contributed by atoms with Crippen LogP contribution in [0.2, 0.25) is 0 Å². The Labute approximate surface area is 239 Å². The van der Waals surface area contributed by atoms with Crippen LogP contribution in [0.4, 0.5) is 11.4 Å². The Balaban J connectivity index is 0.000000164. The molecule has 11 nitrogen and oxygen atoms in total. The lowest BCUT2D eigenvalue weighted by Crippen LogP contribution is -2.49. The van der Waals surface area contributed by atoms with Gasteiger partial charge in [0.05, 0.1) is 0 Å². The average Bonchev–Trinajstić information content (AvgIpc) is 3.66. The number of piperazine rings is 2. The van der Waals surface area contributed by atoms with Crippen LogP contribution in [0.25, 0.3) is 22.8 Å². The number of nitrogens with one attached hydrogen (secondary N) is 1. The molecule has 0 aliphatic carbocycles. The van der Waals surface area contributed by atoms with E-state index in [0.29, 0.717) is 0 Å². The molecule has 2 aliphatic heterocycles. The van der Waals surface area contributed by atoms with Crippen molar-refractivity contribution in [2.24, 2.45) is 14.1 Å². The molecule has 210 valence electrons. The van der Waals surface area contributed by atoms with E-state index in [1.807, 2.05) is 31.1 Å². The van der Waals surface area contributed by atoms with E-state index in [1.165, 1.54) is 5.69 Å². The number of amides is 1. The summed E-state index contributed by atoms with van der Waals surface area (Å²) in [6.45, 7) is 7.34. The molecule has 4 aromatic rings. The maximum atomic E-state index is 11.6. The van der Waals surface area contributed by atoms with Gasteiger partial charge in [0, 0.05) is 89.0 Å². The third-order valence-corrected chi connectivity index (χ3v) is 7.27. The summed E-state index contributed by atoms with van der Waals surface area (Å²) in [4.78, 5) is 26.6. The molecular formula is C28H35ClN10O. The van der Waals surface area contributed by atoms with E-state index in [0.717, 1.165) is 80.8 Å². The van der Waals surface area contributed by atoms with Crippen molar-refractivity contribution in [3.63, 3.8) is 0 Å². The molecule has 0 radical (unpaired) electrons. The summed E-state index contributed by atoms with van der Waals surface area (Å²) in [5.74, 6) is 1.58. The fourth-order valence-electron chi connectivity index (χ4n) is 4.81. The number of alkyl halides is 1. The normalized spacial score (nSPS) is 15.5. The number of hydrogen-bond donors (Lipinski definition) is 1. The van der Waals surface area contributed by atoms with Crippen LogP contribution < -0.4 is 15.1 Å². The van der Waals surface area contributed by atoms with E-state index in [1.54, 1.807) is 22.0 Å². The van der Waals surface area contributed by atoms with Gasteiger partial charge >= 0.3 is 0 Å². The van der Waals surface area contributed by atoms with Crippen molar-refractivity contribution < 1.29 is 4.79 Å². The first-order valence-corrected chi connectivity index (χ1v) is 14.0. The smallest absolute Gasteiger partial charge is 0.237 e. The number of nitrogens with zero attached hydrogens (tertiary/aromatic N) is 9. The van der Waals surface area contributed by atoms with Crippen LogP contribution in [0.3, 0.4) is 0 Å². The molecule has 0 bridgehead atoms. The van der Waals surface area contributed by atoms with Crippen molar-refractivity contribution in [3.05, 3.63) is 61.2 Å². The first kappa shape index (κ1) is 27.6. The van der Waals surface area contributed by atoms with Crippen molar-refractivity contribution in [1.29, 1.82) is 0 Å². The Hall–Kier alpha value is -3.96. The largest absolute Gasteiger partial charge is 0.369 e. The number of rotatable bonds is 5. The van der Waals surface area contributed by atoms with Crippen LogP contribution in [-0.2, 0) is 18.9 Å². The van der Waals surface area contributed by atoms with Gasteiger partial charge in [-0.3, -0.25) is 14.2 Å². The summed E-state index contributed by atoms with van der Waals surface area (Å²) >= 11 is 5.60. The fourth-order valence-corrected chi connectivity index (χ4v) is 4.98. The number of anilines is 2. The molecule has 0 atom stereocenters. The third-order valence-electron chi connectivity index (χ3n) is 7.04. The van der Waals surface area contributed by atoms with Crippen LogP contribution in [-0.4, -0.2) is 98.6 Å². The SMILES string of the molecule is Cn1cnc(-c2ccc(N3CCN(C(=O)CCl)CC3)cc2)n1.Cn1cnc(-c2ccc(N3CCNCC3)cc2)n1. The van der Waals surface area contributed by atoms with Crippen LogP contribution in [0.15, 0.2) is 61.2 Å². The van der Waals surface area contributed by atoms with Crippen LogP contribution in [0.1, 0.15) is 0 Å². The van der Waals surface area contributed by atoms with Gasteiger partial charge in [0.25, 0.3) is 0 Å². The van der Waals surface area contributed by atoms with Gasteiger partial charge in [-0.05, 0) is 48.5 Å². The molecule has 0 unspecified atom stereocenters. The van der Waals surface area contributed by atoms with Gasteiger partial charge in [0.15, 0.2) is 11.6 Å². The second-order valence-corrected chi connectivity index (χ2v) is 10.1. The van der Waals surface area contributed by atoms with Gasteiger partial charge in [0.1, 0.15) is 18.5 Å². The molecule has 2 saturated heterocycles. The summed E-state index contributed by atoms with van der Waals surface area (Å²) in [7, 11) is 3.73. The van der Waals surface area contributed by atoms with Crippen molar-refractivity contribution >= 4 is 28.9 Å². The second-order valence-electron chi connectivity index (χ2n) is 9.82. The lowest BCUT2D eigenvalue weighted by atomic mass is 10.1. The molecule has 2 aromatic heterocycles. The third kappa shape index (κ3) is 6.78. The first-order valence-electron chi connectivity index (χ1n) is 13.5. The fraction of sp³-hybridized carbons (Fsp3) is 0.393. The van der Waals surface area contributed by atoms with Crippen molar-refractivity contribution in [3.8, 4) is 22.8 Å². The molecule has 40 heavy (non-hydrogen) atoms. The molecular weight excluding hydrogens is 528 g/mol. The minimum atomic E-state index is 0.0119. The minimum Gasteiger partial charge on any atom is -0.369 e. The summed E-state index contributed by atoms with van der Waals surface area (Å²) in [5.41, 5.74) is 4.49. The van der Waals surface area contributed by atoms with Gasteiger partial charge < -0.3 is 20.0 Å². The topological polar surface area (TPSA) is 100 Å². The second kappa shape index (κ2) is 12.9. The van der Waals surface area contributed by atoms with Crippen LogP contribution in [0, 0.1) is 0 Å². The zero-order chi connectivity index (χ0) is 27.9. The summed E-state index contributed by atoms with van der Waals surface area (Å²) in [5, 5.41) is 12.0. The minimum absolute atomic E-state index is 0.0119. The number of hydrogen-bond acceptors (Lipinski definition) is 8. The predicted octanol–water partition coefficient (Wildman–Crippen LogP) is 2.26. The molecule has 0 saturated carbocycles. The average molecular weight is 563 g/mol. The van der Waals surface area contributed by atoms with Gasteiger partial charge in [-0.2, -0.15) is 10.2 Å². The van der Waals surface area contributed by atoms with E-state index in [9.17, 15) is 4.79 Å². The van der Waals surface area contributed by atoms with Gasteiger partial charge in [0.2, 0.25) is 5.91 Å². The van der Waals surface area contributed by atoms with Crippen LogP contribution in [0.5, 0.6) is 0 Å². The van der Waals surface area contributed by atoms with Gasteiger partial charge in [-0.25, -0.2) is 9.97 Å². The molecule has 1 N–H and O–H groups in total. The van der Waals surface area contributed by atoms with E-state index >= 15 is 0 Å². The zero-order valence-electron chi connectivity index (χ0n) is 22.9. The zero-order valence-corrected chi connectivity index (χ0v) is 23.7. The molecule has 1 amide bonds. The molecule has 2 aliphatic rings. The van der Waals surface area contributed by atoms with E-state index in [4.69, 9.17) is 11.6 Å². The Morgan fingerprint density at radius 1 is 0.725 bits per heavy atom. The maximum absolute atomic E-state index is 11.6. The van der Waals surface area contributed by atoms with E-state index < -0.39 is 0 Å². The summed E-state index contributed by atoms with van der Waals surface area (Å²) in [6, 6.07) is 16.7. The molecule has 6 rings (SSSR count). The molecule has 12 heteroatoms. The Morgan fingerprint density at radius 2 is 1.18 bits per heavy atom. The maximum Gasteiger partial charge on any atom is 0.237 e. The molecule has 2 aromatic carbocycles. The van der Waals surface area contributed by atoms with Gasteiger partial charge in [-0.15, -0.1) is 11.6 Å². The predicted molar refractivity (Wildman–Crippen MR) is 157 cm³/mol. The highest BCUT2D eigenvalue weighted by Crippen LogP contribution is 2.22. The molecule has 2 fully saturated rings. The number of halogens is 1. The number of aromatic nitrogens is 6. The Bertz CT molecular complexity index is 1370. The van der Waals surface area contributed by atoms with Gasteiger partial charge in [-0.1, -0.05) is 0 Å². The highest BCUT2D eigenvalue weighted by molar-refractivity contribution is 6.27. The molecule has 4 heterocycles. The highest BCUT2D eigenvalue weighted by atomic mass is 35.5. The lowest BCUT2D eigenvalue weighted by molar-refractivity contribution is -0.128. The number of carbonyl (C=O) groups excluding carboxylic acids is 1. The Kier molecular flexibility index (Phi) is 8.92. The standard InChI is InChI=1S/C15H18ClN5O.C13H17N5/c1-19-11-17-15(18-19)12-2-4-13(5-3-12)20-6-8-21(9-7-20)14(22)10-16;1-17-10-15-13(16-17)11-2-4-12(5-3-11)18-8-6-14-7-9-18/h2-5,11H,6-10H2,1H3;2-5,10,14H,6-9H2,1H3. The quantitative estimate of drug-likeness (QED) is 0.370. The van der Waals surface area contributed by atoms with Crippen molar-refractivity contribution in [2.75, 3.05) is 68.0 Å².